The molecule has 3 amide bonds. The van der Waals surface area contributed by atoms with Crippen molar-refractivity contribution in [3.63, 3.8) is 0 Å². The smallest absolute Gasteiger partial charge is 0.319 e. The van der Waals surface area contributed by atoms with E-state index in [-0.39, 0.29) is 17.1 Å². The van der Waals surface area contributed by atoms with Crippen LogP contribution >= 0.6 is 0 Å². The molecule has 0 aromatic heterocycles. The fraction of sp³-hybridized carbons (Fsp3) is 0.263. The third-order valence-electron chi connectivity index (χ3n) is 4.39. The Balaban J connectivity index is 1.69. The highest BCUT2D eigenvalue weighted by atomic mass is 19.1. The number of hydrogen-bond acceptors (Lipinski definition) is 2. The SMILES string of the molecule is CNC(=O)c1cc(NC(=O)NC2(C)Cc3ccccc3C2)ccc1F. The molecule has 3 N–H and O–H groups in total. The number of urea groups is 1. The predicted molar refractivity (Wildman–Crippen MR) is 94.2 cm³/mol. The van der Waals surface area contributed by atoms with E-state index in [0.717, 1.165) is 18.9 Å². The molecule has 0 spiro atoms. The monoisotopic (exact) mass is 341 g/mol. The van der Waals surface area contributed by atoms with Crippen molar-refractivity contribution < 1.29 is 14.0 Å². The van der Waals surface area contributed by atoms with Crippen LogP contribution in [0.25, 0.3) is 0 Å². The molecule has 1 aliphatic carbocycles. The molecule has 2 aromatic carbocycles. The number of hydrogen-bond donors (Lipinski definition) is 3. The molecule has 0 heterocycles. The first kappa shape index (κ1) is 17.0. The van der Waals surface area contributed by atoms with E-state index in [4.69, 9.17) is 0 Å². The maximum absolute atomic E-state index is 13.7. The summed E-state index contributed by atoms with van der Waals surface area (Å²) in [5.41, 5.74) is 2.33. The number of anilines is 1. The van der Waals surface area contributed by atoms with Crippen LogP contribution in [0.4, 0.5) is 14.9 Å². The van der Waals surface area contributed by atoms with Gasteiger partial charge in [-0.05, 0) is 49.1 Å². The van der Waals surface area contributed by atoms with Gasteiger partial charge in [-0.3, -0.25) is 4.79 Å². The second kappa shape index (κ2) is 6.55. The molecule has 0 radical (unpaired) electrons. The average molecular weight is 341 g/mol. The zero-order valence-electron chi connectivity index (χ0n) is 14.2. The Morgan fingerprint density at radius 1 is 1.08 bits per heavy atom. The average Bonchev–Trinajstić information content (AvgIpc) is 2.91. The second-order valence-corrected chi connectivity index (χ2v) is 6.54. The number of halogens is 1. The third kappa shape index (κ3) is 3.63. The van der Waals surface area contributed by atoms with Gasteiger partial charge in [-0.2, -0.15) is 0 Å². The van der Waals surface area contributed by atoms with Crippen molar-refractivity contribution >= 4 is 17.6 Å². The summed E-state index contributed by atoms with van der Waals surface area (Å²) in [6, 6.07) is 11.6. The Morgan fingerprint density at radius 2 is 1.72 bits per heavy atom. The predicted octanol–water partition coefficient (Wildman–Crippen LogP) is 2.86. The Bertz CT molecular complexity index is 810. The number of fused-ring (bicyclic) bond motifs is 1. The zero-order valence-corrected chi connectivity index (χ0v) is 14.2. The van der Waals surface area contributed by atoms with E-state index in [1.165, 1.54) is 30.3 Å². The van der Waals surface area contributed by atoms with Crippen LogP contribution in [-0.2, 0) is 12.8 Å². The second-order valence-electron chi connectivity index (χ2n) is 6.54. The van der Waals surface area contributed by atoms with E-state index in [0.29, 0.717) is 5.69 Å². The summed E-state index contributed by atoms with van der Waals surface area (Å²) in [4.78, 5) is 24.0. The summed E-state index contributed by atoms with van der Waals surface area (Å²) in [7, 11) is 1.42. The van der Waals surface area contributed by atoms with Crippen LogP contribution in [-0.4, -0.2) is 24.5 Å². The molecule has 0 saturated heterocycles. The van der Waals surface area contributed by atoms with E-state index >= 15 is 0 Å². The van der Waals surface area contributed by atoms with Crippen LogP contribution < -0.4 is 16.0 Å². The fourth-order valence-corrected chi connectivity index (χ4v) is 3.24. The van der Waals surface area contributed by atoms with E-state index < -0.39 is 11.7 Å². The number of nitrogens with one attached hydrogen (secondary N) is 3. The molecule has 5 nitrogen and oxygen atoms in total. The molecule has 2 aromatic rings. The largest absolute Gasteiger partial charge is 0.355 e. The number of carbonyl (C=O) groups excluding carboxylic acids is 2. The summed E-state index contributed by atoms with van der Waals surface area (Å²) in [6.07, 6.45) is 1.51. The van der Waals surface area contributed by atoms with Gasteiger partial charge in [0, 0.05) is 18.3 Å². The van der Waals surface area contributed by atoms with Crippen molar-refractivity contribution in [1.29, 1.82) is 0 Å². The van der Waals surface area contributed by atoms with Gasteiger partial charge in [-0.1, -0.05) is 24.3 Å². The lowest BCUT2D eigenvalue weighted by molar-refractivity contribution is 0.0959. The summed E-state index contributed by atoms with van der Waals surface area (Å²) in [5.74, 6) is -1.18. The lowest BCUT2D eigenvalue weighted by Crippen LogP contribution is -2.48. The molecule has 0 bridgehead atoms. The van der Waals surface area contributed by atoms with Crippen molar-refractivity contribution in [2.75, 3.05) is 12.4 Å². The summed E-state index contributed by atoms with van der Waals surface area (Å²) in [6.45, 7) is 1.99. The lowest BCUT2D eigenvalue weighted by Gasteiger charge is -2.25. The lowest BCUT2D eigenvalue weighted by atomic mass is 9.99. The Kier molecular flexibility index (Phi) is 4.44. The quantitative estimate of drug-likeness (QED) is 0.803. The van der Waals surface area contributed by atoms with Gasteiger partial charge in [0.25, 0.3) is 5.91 Å². The van der Waals surface area contributed by atoms with E-state index in [9.17, 15) is 14.0 Å². The van der Waals surface area contributed by atoms with Crippen molar-refractivity contribution in [1.82, 2.24) is 10.6 Å². The topological polar surface area (TPSA) is 70.2 Å². The summed E-state index contributed by atoms with van der Waals surface area (Å²) < 4.78 is 13.7. The molecule has 0 atom stereocenters. The van der Waals surface area contributed by atoms with Gasteiger partial charge >= 0.3 is 6.03 Å². The van der Waals surface area contributed by atoms with E-state index in [2.05, 4.69) is 28.1 Å². The first-order valence-corrected chi connectivity index (χ1v) is 8.08. The van der Waals surface area contributed by atoms with Crippen LogP contribution in [0.5, 0.6) is 0 Å². The Hall–Kier alpha value is -2.89. The molecule has 1 aliphatic rings. The summed E-state index contributed by atoms with van der Waals surface area (Å²) >= 11 is 0. The number of rotatable bonds is 3. The van der Waals surface area contributed by atoms with Crippen LogP contribution in [0.3, 0.4) is 0 Å². The van der Waals surface area contributed by atoms with Crippen LogP contribution in [0.2, 0.25) is 0 Å². The number of amides is 3. The molecule has 130 valence electrons. The normalized spacial score (nSPS) is 14.5. The Morgan fingerprint density at radius 3 is 2.32 bits per heavy atom. The van der Waals surface area contributed by atoms with Crippen LogP contribution in [0.15, 0.2) is 42.5 Å². The molecular weight excluding hydrogens is 321 g/mol. The fourth-order valence-electron chi connectivity index (χ4n) is 3.24. The van der Waals surface area contributed by atoms with Gasteiger partial charge < -0.3 is 16.0 Å². The van der Waals surface area contributed by atoms with Crippen LogP contribution in [0, 0.1) is 5.82 Å². The minimum absolute atomic E-state index is 0.111. The number of benzene rings is 2. The summed E-state index contributed by atoms with van der Waals surface area (Å²) in [5, 5.41) is 8.02. The minimum atomic E-state index is -0.636. The van der Waals surface area contributed by atoms with Gasteiger partial charge in [0.2, 0.25) is 0 Å². The Labute approximate surface area is 145 Å². The van der Waals surface area contributed by atoms with Crippen LogP contribution in [0.1, 0.15) is 28.4 Å². The molecular formula is C19H20FN3O2. The molecule has 0 aliphatic heterocycles. The van der Waals surface area contributed by atoms with Gasteiger partial charge in [0.15, 0.2) is 0 Å². The maximum atomic E-state index is 13.7. The number of carbonyl (C=O) groups is 2. The molecule has 25 heavy (non-hydrogen) atoms. The van der Waals surface area contributed by atoms with E-state index in [1.54, 1.807) is 0 Å². The van der Waals surface area contributed by atoms with Crippen molar-refractivity contribution in [2.24, 2.45) is 0 Å². The van der Waals surface area contributed by atoms with Gasteiger partial charge in [-0.25, -0.2) is 9.18 Å². The third-order valence-corrected chi connectivity index (χ3v) is 4.39. The minimum Gasteiger partial charge on any atom is -0.355 e. The highest BCUT2D eigenvalue weighted by molar-refractivity contribution is 5.97. The molecule has 3 rings (SSSR count). The van der Waals surface area contributed by atoms with Gasteiger partial charge in [0.1, 0.15) is 5.82 Å². The van der Waals surface area contributed by atoms with Crippen molar-refractivity contribution in [3.8, 4) is 0 Å². The molecule has 0 saturated carbocycles. The molecule has 0 fully saturated rings. The van der Waals surface area contributed by atoms with Crippen molar-refractivity contribution in [3.05, 3.63) is 65.0 Å². The first-order valence-electron chi connectivity index (χ1n) is 8.08. The van der Waals surface area contributed by atoms with Gasteiger partial charge in [-0.15, -0.1) is 0 Å². The van der Waals surface area contributed by atoms with Crippen molar-refractivity contribution in [2.45, 2.75) is 25.3 Å². The first-order chi connectivity index (χ1) is 11.9. The highest BCUT2D eigenvalue weighted by Gasteiger charge is 2.34. The molecule has 6 heteroatoms. The zero-order chi connectivity index (χ0) is 18.0. The highest BCUT2D eigenvalue weighted by Crippen LogP contribution is 2.29. The molecule has 0 unspecified atom stereocenters. The van der Waals surface area contributed by atoms with E-state index in [1.807, 2.05) is 19.1 Å². The maximum Gasteiger partial charge on any atom is 0.319 e. The standard InChI is InChI=1S/C19H20FN3O2/c1-19(10-12-5-3-4-6-13(12)11-19)23-18(25)22-14-7-8-16(20)15(9-14)17(24)21-2/h3-9H,10-11H2,1-2H3,(H,21,24)(H2,22,23,25). The van der Waals surface area contributed by atoms with Gasteiger partial charge in [0.05, 0.1) is 5.56 Å².